The summed E-state index contributed by atoms with van der Waals surface area (Å²) in [6.07, 6.45) is 0. The molecule has 1 aliphatic heterocycles. The maximum absolute atomic E-state index is 12.6. The lowest BCUT2D eigenvalue weighted by Gasteiger charge is -2.32. The normalized spacial score (nSPS) is 18.3. The molecule has 0 unspecified atom stereocenters. The van der Waals surface area contributed by atoms with Gasteiger partial charge in [-0.1, -0.05) is 18.2 Å². The van der Waals surface area contributed by atoms with Crippen molar-refractivity contribution in [2.45, 2.75) is 26.4 Å². The van der Waals surface area contributed by atoms with Crippen LogP contribution in [0.3, 0.4) is 0 Å². The van der Waals surface area contributed by atoms with Crippen molar-refractivity contribution in [2.75, 3.05) is 19.6 Å². The summed E-state index contributed by atoms with van der Waals surface area (Å²) in [7, 11) is 0. The number of hydrogen-bond acceptors (Lipinski definition) is 2. The van der Waals surface area contributed by atoms with Crippen LogP contribution < -0.4 is 5.32 Å². The minimum atomic E-state index is 0. The molecule has 0 bridgehead atoms. The van der Waals surface area contributed by atoms with Gasteiger partial charge in [-0.05, 0) is 35.8 Å². The number of carbonyl (C=O) groups is 1. The van der Waals surface area contributed by atoms with Crippen LogP contribution in [0.25, 0.3) is 10.9 Å². The molecule has 0 radical (unpaired) electrons. The molecular weight excluding hydrogens is 366 g/mol. The van der Waals surface area contributed by atoms with Crippen molar-refractivity contribution in [3.8, 4) is 0 Å². The Kier molecular flexibility index (Phi) is 5.53. The highest BCUT2D eigenvalue weighted by molar-refractivity contribution is 9.10. The minimum absolute atomic E-state index is 0. The molecule has 3 rings (SSSR count). The summed E-state index contributed by atoms with van der Waals surface area (Å²) < 4.78 is 3.19. The number of nitrogens with zero attached hydrogens (tertiary/aromatic N) is 2. The highest BCUT2D eigenvalue weighted by Gasteiger charge is 2.22. The molecule has 1 saturated heterocycles. The zero-order valence-electron chi connectivity index (χ0n) is 12.8. The van der Waals surface area contributed by atoms with Gasteiger partial charge in [-0.25, -0.2) is 0 Å². The predicted molar refractivity (Wildman–Crippen MR) is 95.7 cm³/mol. The first-order chi connectivity index (χ1) is 10.1. The number of nitrogens with one attached hydrogen (secondary N) is 1. The predicted octanol–water partition coefficient (Wildman–Crippen LogP) is 2.95. The van der Waals surface area contributed by atoms with Crippen molar-refractivity contribution < 1.29 is 4.79 Å². The zero-order chi connectivity index (χ0) is 15.0. The molecule has 4 nitrogen and oxygen atoms in total. The largest absolute Gasteiger partial charge is 0.338 e. The summed E-state index contributed by atoms with van der Waals surface area (Å²) in [6.45, 7) is 7.04. The summed E-state index contributed by atoms with van der Waals surface area (Å²) in [5, 5.41) is 4.53. The number of halogens is 2. The van der Waals surface area contributed by atoms with Crippen LogP contribution in [-0.2, 0) is 11.3 Å². The fourth-order valence-corrected chi connectivity index (χ4v) is 3.54. The van der Waals surface area contributed by atoms with Gasteiger partial charge < -0.3 is 14.8 Å². The summed E-state index contributed by atoms with van der Waals surface area (Å²) >= 11 is 3.64. The van der Waals surface area contributed by atoms with Crippen LogP contribution in [-0.4, -0.2) is 41.1 Å². The van der Waals surface area contributed by atoms with E-state index in [0.717, 1.165) is 40.7 Å². The van der Waals surface area contributed by atoms with E-state index in [9.17, 15) is 4.79 Å². The highest BCUT2D eigenvalue weighted by Crippen LogP contribution is 2.30. The topological polar surface area (TPSA) is 37.3 Å². The molecule has 2 aromatic rings. The fourth-order valence-electron chi connectivity index (χ4n) is 2.99. The Morgan fingerprint density at radius 2 is 2.14 bits per heavy atom. The molecule has 1 amide bonds. The van der Waals surface area contributed by atoms with E-state index in [4.69, 9.17) is 0 Å². The molecule has 6 heteroatoms. The Bertz CT molecular complexity index is 685. The Morgan fingerprint density at radius 3 is 2.86 bits per heavy atom. The maximum Gasteiger partial charge on any atom is 0.242 e. The smallest absolute Gasteiger partial charge is 0.242 e. The SMILES string of the molecule is Cc1c(Br)c2ccccc2n1CC(=O)N1CCN[C@H](C)C1.Cl. The van der Waals surface area contributed by atoms with Gasteiger partial charge in [0.25, 0.3) is 0 Å². The molecule has 1 aliphatic rings. The second-order valence-electron chi connectivity index (χ2n) is 5.70. The molecule has 2 heterocycles. The number of fused-ring (bicyclic) bond motifs is 1. The van der Waals surface area contributed by atoms with E-state index in [1.54, 1.807) is 0 Å². The van der Waals surface area contributed by atoms with Crippen molar-refractivity contribution in [2.24, 2.45) is 0 Å². The van der Waals surface area contributed by atoms with Crippen LogP contribution in [0, 0.1) is 6.92 Å². The Hall–Kier alpha value is -1.04. The van der Waals surface area contributed by atoms with Crippen molar-refractivity contribution >= 4 is 45.1 Å². The molecule has 1 aromatic heterocycles. The van der Waals surface area contributed by atoms with E-state index in [2.05, 4.69) is 51.8 Å². The molecule has 1 atom stereocenters. The number of carbonyl (C=O) groups excluding carboxylic acids is 1. The third kappa shape index (κ3) is 3.16. The number of aromatic nitrogens is 1. The first kappa shape index (κ1) is 17.3. The Labute approximate surface area is 145 Å². The molecule has 0 aliphatic carbocycles. The summed E-state index contributed by atoms with van der Waals surface area (Å²) in [5.41, 5.74) is 2.21. The summed E-state index contributed by atoms with van der Waals surface area (Å²) in [4.78, 5) is 14.5. The zero-order valence-corrected chi connectivity index (χ0v) is 15.2. The molecule has 1 N–H and O–H groups in total. The molecule has 0 saturated carbocycles. The van der Waals surface area contributed by atoms with Gasteiger partial charge in [0, 0.05) is 46.7 Å². The van der Waals surface area contributed by atoms with Crippen molar-refractivity contribution in [3.63, 3.8) is 0 Å². The van der Waals surface area contributed by atoms with Gasteiger partial charge >= 0.3 is 0 Å². The molecule has 1 aromatic carbocycles. The Morgan fingerprint density at radius 1 is 1.41 bits per heavy atom. The van der Waals surface area contributed by atoms with Crippen LogP contribution in [0.1, 0.15) is 12.6 Å². The molecule has 120 valence electrons. The van der Waals surface area contributed by atoms with Crippen molar-refractivity contribution in [1.29, 1.82) is 0 Å². The second kappa shape index (κ2) is 7.02. The van der Waals surface area contributed by atoms with Gasteiger partial charge in [-0.15, -0.1) is 12.4 Å². The monoisotopic (exact) mass is 385 g/mol. The van der Waals surface area contributed by atoms with E-state index >= 15 is 0 Å². The van der Waals surface area contributed by atoms with E-state index in [-0.39, 0.29) is 18.3 Å². The molecule has 22 heavy (non-hydrogen) atoms. The van der Waals surface area contributed by atoms with Crippen LogP contribution in [0.2, 0.25) is 0 Å². The van der Waals surface area contributed by atoms with E-state index in [0.29, 0.717) is 12.6 Å². The number of hydrogen-bond donors (Lipinski definition) is 1. The average molecular weight is 387 g/mol. The van der Waals surface area contributed by atoms with Gasteiger partial charge in [0.05, 0.1) is 0 Å². The average Bonchev–Trinajstić information content (AvgIpc) is 2.73. The lowest BCUT2D eigenvalue weighted by Crippen LogP contribution is -2.52. The highest BCUT2D eigenvalue weighted by atomic mass is 79.9. The van der Waals surface area contributed by atoms with Gasteiger partial charge in [0.2, 0.25) is 5.91 Å². The van der Waals surface area contributed by atoms with Gasteiger partial charge in [0.15, 0.2) is 0 Å². The van der Waals surface area contributed by atoms with Crippen LogP contribution in [0.4, 0.5) is 0 Å². The minimum Gasteiger partial charge on any atom is -0.338 e. The lowest BCUT2D eigenvalue weighted by molar-refractivity contribution is -0.132. The van der Waals surface area contributed by atoms with Gasteiger partial charge in [0.1, 0.15) is 6.54 Å². The Balaban J connectivity index is 0.00000176. The van der Waals surface area contributed by atoms with Crippen molar-refractivity contribution in [3.05, 3.63) is 34.4 Å². The number of rotatable bonds is 2. The summed E-state index contributed by atoms with van der Waals surface area (Å²) in [6, 6.07) is 8.57. The van der Waals surface area contributed by atoms with Crippen LogP contribution in [0.15, 0.2) is 28.7 Å². The third-order valence-corrected chi connectivity index (χ3v) is 5.17. The van der Waals surface area contributed by atoms with E-state index in [1.165, 1.54) is 0 Å². The van der Waals surface area contributed by atoms with E-state index < -0.39 is 0 Å². The standard InChI is InChI=1S/C16H20BrN3O.ClH/c1-11-9-19(8-7-18-11)15(21)10-20-12(2)16(17)13-5-3-4-6-14(13)20;/h3-6,11,18H,7-10H2,1-2H3;1H/t11-;/m1./s1. The first-order valence-corrected chi connectivity index (χ1v) is 8.11. The van der Waals surface area contributed by atoms with Gasteiger partial charge in [-0.3, -0.25) is 4.79 Å². The van der Waals surface area contributed by atoms with Crippen LogP contribution in [0.5, 0.6) is 0 Å². The second-order valence-corrected chi connectivity index (χ2v) is 6.49. The fraction of sp³-hybridized carbons (Fsp3) is 0.438. The van der Waals surface area contributed by atoms with Crippen LogP contribution >= 0.6 is 28.3 Å². The van der Waals surface area contributed by atoms with Gasteiger partial charge in [-0.2, -0.15) is 0 Å². The number of piperazine rings is 1. The maximum atomic E-state index is 12.6. The summed E-state index contributed by atoms with van der Waals surface area (Å²) in [5.74, 6) is 0.194. The lowest BCUT2D eigenvalue weighted by atomic mass is 10.2. The number of amides is 1. The molecule has 1 fully saturated rings. The number of benzene rings is 1. The van der Waals surface area contributed by atoms with Crippen molar-refractivity contribution in [1.82, 2.24) is 14.8 Å². The first-order valence-electron chi connectivity index (χ1n) is 7.32. The quantitative estimate of drug-likeness (QED) is 0.861. The van der Waals surface area contributed by atoms with E-state index in [1.807, 2.05) is 17.0 Å². The third-order valence-electron chi connectivity index (χ3n) is 4.17. The molecular formula is C16H21BrClN3O. The number of para-hydroxylation sites is 1. The molecule has 0 spiro atoms.